The number of anilines is 1. The fourth-order valence-electron chi connectivity index (χ4n) is 3.38. The number of thioether (sulfide) groups is 1. The van der Waals surface area contributed by atoms with Crippen LogP contribution in [0.1, 0.15) is 5.56 Å². The van der Waals surface area contributed by atoms with Crippen molar-refractivity contribution in [2.24, 2.45) is 0 Å². The first-order valence-corrected chi connectivity index (χ1v) is 11.5. The number of hydrogen-bond donors (Lipinski definition) is 2. The number of ether oxygens (including phenoxy) is 2. The average molecular weight is 477 g/mol. The Morgan fingerprint density at radius 3 is 2.50 bits per heavy atom. The normalized spacial score (nSPS) is 10.6. The number of nitrogens with zero attached hydrogens (tertiary/aromatic N) is 3. The molecule has 2 N–H and O–H groups in total. The number of benzene rings is 3. The number of para-hydroxylation sites is 1. The van der Waals surface area contributed by atoms with Crippen LogP contribution in [0, 0.1) is 0 Å². The lowest BCUT2D eigenvalue weighted by atomic mass is 10.1. The molecule has 0 aliphatic rings. The largest absolute Gasteiger partial charge is 0.507 e. The lowest BCUT2D eigenvalue weighted by Crippen LogP contribution is -2.15. The van der Waals surface area contributed by atoms with Crippen LogP contribution in [0.5, 0.6) is 17.2 Å². The van der Waals surface area contributed by atoms with Crippen molar-refractivity contribution in [2.45, 2.75) is 11.7 Å². The van der Waals surface area contributed by atoms with Gasteiger partial charge in [-0.1, -0.05) is 54.2 Å². The summed E-state index contributed by atoms with van der Waals surface area (Å²) in [6.07, 6.45) is 0. The van der Waals surface area contributed by atoms with Gasteiger partial charge >= 0.3 is 0 Å². The van der Waals surface area contributed by atoms with Gasteiger partial charge in [-0.25, -0.2) is 0 Å². The molecule has 4 rings (SSSR count). The molecule has 0 atom stereocenters. The first-order valence-electron chi connectivity index (χ1n) is 10.5. The molecule has 0 radical (unpaired) electrons. The van der Waals surface area contributed by atoms with Crippen molar-refractivity contribution in [3.63, 3.8) is 0 Å². The third-order valence-electron chi connectivity index (χ3n) is 5.06. The van der Waals surface area contributed by atoms with Crippen LogP contribution in [0.4, 0.5) is 5.69 Å². The SMILES string of the molecule is COc1ccc(NC(=O)CSc2nnc(-c3ccccc3O)n2Cc2ccccc2)c(OC)c1. The topological polar surface area (TPSA) is 98.5 Å². The average Bonchev–Trinajstić information content (AvgIpc) is 3.26. The molecule has 3 aromatic carbocycles. The molecule has 0 bridgehead atoms. The lowest BCUT2D eigenvalue weighted by molar-refractivity contribution is -0.113. The molecule has 0 aliphatic carbocycles. The van der Waals surface area contributed by atoms with E-state index in [1.165, 1.54) is 18.9 Å². The monoisotopic (exact) mass is 476 g/mol. The highest BCUT2D eigenvalue weighted by Crippen LogP contribution is 2.32. The Morgan fingerprint density at radius 1 is 1.00 bits per heavy atom. The van der Waals surface area contributed by atoms with Crippen molar-refractivity contribution in [2.75, 3.05) is 25.3 Å². The fourth-order valence-corrected chi connectivity index (χ4v) is 4.12. The second kappa shape index (κ2) is 10.8. The van der Waals surface area contributed by atoms with Crippen molar-refractivity contribution in [1.29, 1.82) is 0 Å². The number of aromatic hydroxyl groups is 1. The molecule has 0 aliphatic heterocycles. The number of phenolic OH excluding ortho intramolecular Hbond substituents is 1. The van der Waals surface area contributed by atoms with Crippen LogP contribution in [-0.2, 0) is 11.3 Å². The van der Waals surface area contributed by atoms with E-state index in [2.05, 4.69) is 15.5 Å². The van der Waals surface area contributed by atoms with Crippen LogP contribution in [0.3, 0.4) is 0 Å². The van der Waals surface area contributed by atoms with E-state index < -0.39 is 0 Å². The number of hydrogen-bond acceptors (Lipinski definition) is 7. The van der Waals surface area contributed by atoms with Gasteiger partial charge in [-0.2, -0.15) is 0 Å². The van der Waals surface area contributed by atoms with Gasteiger partial charge in [0, 0.05) is 6.07 Å². The molecular weight excluding hydrogens is 452 g/mol. The first-order chi connectivity index (χ1) is 16.6. The van der Waals surface area contributed by atoms with Gasteiger partial charge < -0.3 is 19.9 Å². The third kappa shape index (κ3) is 5.32. The number of carbonyl (C=O) groups is 1. The summed E-state index contributed by atoms with van der Waals surface area (Å²) in [4.78, 5) is 12.7. The molecule has 1 aromatic heterocycles. The van der Waals surface area contributed by atoms with Gasteiger partial charge in [0.15, 0.2) is 11.0 Å². The van der Waals surface area contributed by atoms with E-state index in [1.807, 2.05) is 41.0 Å². The number of methoxy groups -OCH3 is 2. The highest BCUT2D eigenvalue weighted by atomic mass is 32.2. The van der Waals surface area contributed by atoms with E-state index in [0.29, 0.717) is 40.3 Å². The van der Waals surface area contributed by atoms with Crippen molar-refractivity contribution < 1.29 is 19.4 Å². The Balaban J connectivity index is 1.55. The number of phenols is 1. The van der Waals surface area contributed by atoms with Crippen LogP contribution in [0.2, 0.25) is 0 Å². The number of carbonyl (C=O) groups excluding carboxylic acids is 1. The smallest absolute Gasteiger partial charge is 0.234 e. The maximum absolute atomic E-state index is 12.7. The number of aromatic nitrogens is 3. The number of nitrogens with one attached hydrogen (secondary N) is 1. The van der Waals surface area contributed by atoms with Crippen LogP contribution in [0.15, 0.2) is 78.0 Å². The van der Waals surface area contributed by atoms with Crippen LogP contribution < -0.4 is 14.8 Å². The minimum absolute atomic E-state index is 0.114. The summed E-state index contributed by atoms with van der Waals surface area (Å²) in [5, 5.41) is 22.4. The summed E-state index contributed by atoms with van der Waals surface area (Å²) in [5.74, 6) is 1.68. The summed E-state index contributed by atoms with van der Waals surface area (Å²) in [6, 6.07) is 22.1. The summed E-state index contributed by atoms with van der Waals surface area (Å²) in [6.45, 7) is 0.494. The highest BCUT2D eigenvalue weighted by Gasteiger charge is 2.18. The second-order valence-corrected chi connectivity index (χ2v) is 8.24. The Labute approximate surface area is 201 Å². The van der Waals surface area contributed by atoms with E-state index >= 15 is 0 Å². The quantitative estimate of drug-likeness (QED) is 0.345. The van der Waals surface area contributed by atoms with E-state index in [9.17, 15) is 9.90 Å². The summed E-state index contributed by atoms with van der Waals surface area (Å²) in [7, 11) is 3.10. The molecule has 1 heterocycles. The second-order valence-electron chi connectivity index (χ2n) is 7.30. The fraction of sp³-hybridized carbons (Fsp3) is 0.160. The predicted octanol–water partition coefficient (Wildman–Crippen LogP) is 4.45. The van der Waals surface area contributed by atoms with Crippen LogP contribution >= 0.6 is 11.8 Å². The van der Waals surface area contributed by atoms with E-state index in [-0.39, 0.29) is 17.4 Å². The van der Waals surface area contributed by atoms with Crippen LogP contribution in [-0.4, -0.2) is 45.8 Å². The Kier molecular flexibility index (Phi) is 7.34. The van der Waals surface area contributed by atoms with Crippen LogP contribution in [0.25, 0.3) is 11.4 Å². The molecule has 9 heteroatoms. The van der Waals surface area contributed by atoms with E-state index in [0.717, 1.165) is 5.56 Å². The van der Waals surface area contributed by atoms with Gasteiger partial charge in [0.2, 0.25) is 5.91 Å². The molecule has 0 saturated carbocycles. The molecule has 1 amide bonds. The lowest BCUT2D eigenvalue weighted by Gasteiger charge is -2.13. The van der Waals surface area contributed by atoms with Crippen molar-refractivity contribution >= 4 is 23.4 Å². The third-order valence-corrected chi connectivity index (χ3v) is 6.03. The summed E-state index contributed by atoms with van der Waals surface area (Å²) < 4.78 is 12.4. The van der Waals surface area contributed by atoms with Gasteiger partial charge in [-0.15, -0.1) is 10.2 Å². The molecule has 8 nitrogen and oxygen atoms in total. The Bertz CT molecular complexity index is 1280. The van der Waals surface area contributed by atoms with E-state index in [4.69, 9.17) is 9.47 Å². The highest BCUT2D eigenvalue weighted by molar-refractivity contribution is 7.99. The van der Waals surface area contributed by atoms with Gasteiger partial charge in [0.1, 0.15) is 17.2 Å². The molecule has 0 unspecified atom stereocenters. The Morgan fingerprint density at radius 2 is 1.76 bits per heavy atom. The van der Waals surface area contributed by atoms with E-state index in [1.54, 1.807) is 43.5 Å². The molecule has 0 saturated heterocycles. The van der Waals surface area contributed by atoms with Gasteiger partial charge in [0.05, 0.1) is 37.8 Å². The number of amides is 1. The minimum atomic E-state index is -0.216. The molecule has 4 aromatic rings. The number of rotatable bonds is 9. The molecule has 34 heavy (non-hydrogen) atoms. The van der Waals surface area contributed by atoms with Gasteiger partial charge in [-0.3, -0.25) is 9.36 Å². The Hall–Kier alpha value is -3.98. The maximum Gasteiger partial charge on any atom is 0.234 e. The minimum Gasteiger partial charge on any atom is -0.507 e. The molecular formula is C25H24N4O4S. The maximum atomic E-state index is 12.7. The zero-order valence-corrected chi connectivity index (χ0v) is 19.6. The molecule has 0 fully saturated rings. The molecule has 0 spiro atoms. The van der Waals surface area contributed by atoms with Crippen molar-refractivity contribution in [1.82, 2.24) is 14.8 Å². The predicted molar refractivity (Wildman–Crippen MR) is 132 cm³/mol. The van der Waals surface area contributed by atoms with Crippen molar-refractivity contribution in [3.8, 4) is 28.6 Å². The molecule has 174 valence electrons. The first kappa shape index (κ1) is 23.2. The summed E-state index contributed by atoms with van der Waals surface area (Å²) in [5.41, 5.74) is 2.17. The van der Waals surface area contributed by atoms with Gasteiger partial charge in [0.25, 0.3) is 0 Å². The summed E-state index contributed by atoms with van der Waals surface area (Å²) >= 11 is 1.27. The standard InChI is InChI=1S/C25H24N4O4S/c1-32-18-12-13-20(22(14-18)33-2)26-23(31)16-34-25-28-27-24(19-10-6-7-11-21(19)30)29(25)15-17-8-4-3-5-9-17/h3-14,30H,15-16H2,1-2H3,(H,26,31). The zero-order chi connectivity index (χ0) is 23.9. The van der Waals surface area contributed by atoms with Crippen molar-refractivity contribution in [3.05, 3.63) is 78.4 Å². The van der Waals surface area contributed by atoms with Gasteiger partial charge in [-0.05, 0) is 29.8 Å². The zero-order valence-electron chi connectivity index (χ0n) is 18.8.